The molecular formula is C11H17N5O. The number of hydrogen-bond donors (Lipinski definition) is 2. The van der Waals surface area contributed by atoms with E-state index in [0.29, 0.717) is 12.5 Å². The number of carbonyl (C=O) groups is 1. The molecule has 1 aromatic heterocycles. The van der Waals surface area contributed by atoms with E-state index in [0.717, 1.165) is 17.9 Å². The Morgan fingerprint density at radius 2 is 2.35 bits per heavy atom. The highest BCUT2D eigenvalue weighted by Crippen LogP contribution is 2.21. The van der Waals surface area contributed by atoms with Crippen LogP contribution in [0.2, 0.25) is 0 Å². The predicted molar refractivity (Wildman–Crippen MR) is 66.1 cm³/mol. The second-order valence-corrected chi connectivity index (χ2v) is 4.11. The second kappa shape index (κ2) is 4.57. The summed E-state index contributed by atoms with van der Waals surface area (Å²) < 4.78 is 0. The molecule has 1 fully saturated rings. The number of nitrogens with zero attached hydrogens (tertiary/aromatic N) is 3. The smallest absolute Gasteiger partial charge is 0.242 e. The van der Waals surface area contributed by atoms with Crippen LogP contribution in [-0.2, 0) is 4.79 Å². The Morgan fingerprint density at radius 1 is 1.59 bits per heavy atom. The van der Waals surface area contributed by atoms with Crippen molar-refractivity contribution in [3.05, 3.63) is 11.8 Å². The first-order chi connectivity index (χ1) is 8.13. The van der Waals surface area contributed by atoms with Gasteiger partial charge in [0.2, 0.25) is 11.9 Å². The Bertz CT molecular complexity index is 434. The average Bonchev–Trinajstić information content (AvgIpc) is 2.34. The molecule has 1 aliphatic rings. The Kier molecular flexibility index (Phi) is 3.12. The van der Waals surface area contributed by atoms with Gasteiger partial charge in [0.15, 0.2) is 0 Å². The number of piperazine rings is 1. The fourth-order valence-electron chi connectivity index (χ4n) is 1.92. The van der Waals surface area contributed by atoms with Crippen LogP contribution < -0.4 is 15.5 Å². The average molecular weight is 235 g/mol. The molecule has 0 radical (unpaired) electrons. The molecular weight excluding hydrogens is 218 g/mol. The van der Waals surface area contributed by atoms with Gasteiger partial charge in [0.25, 0.3) is 0 Å². The molecule has 0 aliphatic carbocycles. The van der Waals surface area contributed by atoms with Gasteiger partial charge >= 0.3 is 0 Å². The molecule has 1 aromatic rings. The maximum atomic E-state index is 11.6. The van der Waals surface area contributed by atoms with Crippen molar-refractivity contribution in [2.24, 2.45) is 0 Å². The van der Waals surface area contributed by atoms with Crippen LogP contribution in [0.3, 0.4) is 0 Å². The van der Waals surface area contributed by atoms with Crippen LogP contribution in [0.25, 0.3) is 0 Å². The van der Waals surface area contributed by atoms with Gasteiger partial charge in [-0.05, 0) is 13.8 Å². The summed E-state index contributed by atoms with van der Waals surface area (Å²) in [7, 11) is 1.78. The Hall–Kier alpha value is -1.85. The van der Waals surface area contributed by atoms with Gasteiger partial charge in [0.05, 0.1) is 0 Å². The summed E-state index contributed by atoms with van der Waals surface area (Å²) in [6, 6.07) is -0.193. The van der Waals surface area contributed by atoms with E-state index in [2.05, 4.69) is 20.6 Å². The lowest BCUT2D eigenvalue weighted by molar-refractivity contribution is -0.122. The normalized spacial score (nSPS) is 20.1. The molecule has 0 aromatic carbocycles. The summed E-state index contributed by atoms with van der Waals surface area (Å²) in [5.74, 6) is 1.44. The maximum absolute atomic E-state index is 11.6. The highest BCUT2D eigenvalue weighted by atomic mass is 16.2. The molecule has 2 heterocycles. The van der Waals surface area contributed by atoms with Gasteiger partial charge in [-0.25, -0.2) is 4.98 Å². The molecule has 1 unspecified atom stereocenters. The van der Waals surface area contributed by atoms with Gasteiger partial charge < -0.3 is 15.5 Å². The Morgan fingerprint density at radius 3 is 3.06 bits per heavy atom. The fraction of sp³-hybridized carbons (Fsp3) is 0.545. The van der Waals surface area contributed by atoms with E-state index < -0.39 is 0 Å². The summed E-state index contributed by atoms with van der Waals surface area (Å²) >= 11 is 0. The summed E-state index contributed by atoms with van der Waals surface area (Å²) in [5, 5.41) is 5.75. The third kappa shape index (κ3) is 2.15. The quantitative estimate of drug-likeness (QED) is 0.763. The van der Waals surface area contributed by atoms with E-state index in [4.69, 9.17) is 0 Å². The van der Waals surface area contributed by atoms with Crippen molar-refractivity contribution >= 4 is 17.7 Å². The number of rotatable bonds is 2. The fourth-order valence-corrected chi connectivity index (χ4v) is 1.92. The minimum Gasteiger partial charge on any atom is -0.357 e. The number of amides is 1. The lowest BCUT2D eigenvalue weighted by Gasteiger charge is -2.34. The molecule has 1 amide bonds. The largest absolute Gasteiger partial charge is 0.357 e. The van der Waals surface area contributed by atoms with Gasteiger partial charge in [-0.2, -0.15) is 4.98 Å². The van der Waals surface area contributed by atoms with E-state index in [1.165, 1.54) is 0 Å². The molecule has 0 spiro atoms. The van der Waals surface area contributed by atoms with Crippen molar-refractivity contribution in [3.8, 4) is 0 Å². The predicted octanol–water partition coefficient (Wildman–Crippen LogP) is 0.151. The minimum absolute atomic E-state index is 0.0419. The van der Waals surface area contributed by atoms with E-state index in [1.807, 2.05) is 18.7 Å². The molecule has 2 N–H and O–H groups in total. The number of anilines is 2. The standard InChI is InChI=1S/C11H17N5O/c1-7-6-14-11(12-3)15-9(7)16-5-4-13-10(17)8(16)2/h6,8H,4-5H2,1-3H3,(H,13,17)(H,12,14,15). The molecule has 6 heteroatoms. The van der Waals surface area contributed by atoms with Crippen LogP contribution in [0, 0.1) is 6.92 Å². The van der Waals surface area contributed by atoms with Crippen molar-refractivity contribution in [2.75, 3.05) is 30.4 Å². The van der Waals surface area contributed by atoms with Gasteiger partial charge in [-0.1, -0.05) is 0 Å². The van der Waals surface area contributed by atoms with Crippen molar-refractivity contribution in [1.29, 1.82) is 0 Å². The zero-order chi connectivity index (χ0) is 12.4. The van der Waals surface area contributed by atoms with Crippen LogP contribution in [0.15, 0.2) is 6.20 Å². The van der Waals surface area contributed by atoms with Crippen molar-refractivity contribution in [3.63, 3.8) is 0 Å². The van der Waals surface area contributed by atoms with Gasteiger partial charge in [0, 0.05) is 31.9 Å². The summed E-state index contributed by atoms with van der Waals surface area (Å²) in [6.45, 7) is 5.26. The topological polar surface area (TPSA) is 70.2 Å². The van der Waals surface area contributed by atoms with Crippen molar-refractivity contribution in [1.82, 2.24) is 15.3 Å². The lowest BCUT2D eigenvalue weighted by atomic mass is 10.2. The summed E-state index contributed by atoms with van der Waals surface area (Å²) in [5.41, 5.74) is 0.977. The molecule has 2 rings (SSSR count). The molecule has 1 saturated heterocycles. The summed E-state index contributed by atoms with van der Waals surface area (Å²) in [4.78, 5) is 22.2. The molecule has 0 saturated carbocycles. The van der Waals surface area contributed by atoms with E-state index in [-0.39, 0.29) is 11.9 Å². The zero-order valence-electron chi connectivity index (χ0n) is 10.3. The number of carbonyl (C=O) groups excluding carboxylic acids is 1. The third-order valence-electron chi connectivity index (χ3n) is 2.94. The van der Waals surface area contributed by atoms with E-state index in [1.54, 1.807) is 13.2 Å². The zero-order valence-corrected chi connectivity index (χ0v) is 10.3. The van der Waals surface area contributed by atoms with Crippen LogP contribution in [0.5, 0.6) is 0 Å². The number of hydrogen-bond acceptors (Lipinski definition) is 5. The van der Waals surface area contributed by atoms with Crippen molar-refractivity contribution in [2.45, 2.75) is 19.9 Å². The Balaban J connectivity index is 2.34. The highest BCUT2D eigenvalue weighted by Gasteiger charge is 2.27. The summed E-state index contributed by atoms with van der Waals surface area (Å²) in [6.07, 6.45) is 1.77. The van der Waals surface area contributed by atoms with E-state index >= 15 is 0 Å². The van der Waals surface area contributed by atoms with Gasteiger partial charge in [-0.15, -0.1) is 0 Å². The minimum atomic E-state index is -0.193. The second-order valence-electron chi connectivity index (χ2n) is 4.11. The van der Waals surface area contributed by atoms with E-state index in [9.17, 15) is 4.79 Å². The Labute approximate surface area is 100 Å². The molecule has 0 bridgehead atoms. The lowest BCUT2D eigenvalue weighted by Crippen LogP contribution is -2.54. The number of aryl methyl sites for hydroxylation is 1. The van der Waals surface area contributed by atoms with Crippen molar-refractivity contribution < 1.29 is 4.79 Å². The first-order valence-electron chi connectivity index (χ1n) is 5.69. The molecule has 1 aliphatic heterocycles. The van der Waals surface area contributed by atoms with Gasteiger partial charge in [-0.3, -0.25) is 4.79 Å². The SMILES string of the molecule is CNc1ncc(C)c(N2CCNC(=O)C2C)n1. The van der Waals surface area contributed by atoms with Gasteiger partial charge in [0.1, 0.15) is 11.9 Å². The molecule has 17 heavy (non-hydrogen) atoms. The van der Waals surface area contributed by atoms with Crippen LogP contribution in [0.4, 0.5) is 11.8 Å². The third-order valence-corrected chi connectivity index (χ3v) is 2.94. The highest BCUT2D eigenvalue weighted by molar-refractivity contribution is 5.86. The number of nitrogens with one attached hydrogen (secondary N) is 2. The van der Waals surface area contributed by atoms with Crippen LogP contribution >= 0.6 is 0 Å². The van der Waals surface area contributed by atoms with Crippen LogP contribution in [0.1, 0.15) is 12.5 Å². The molecule has 1 atom stereocenters. The molecule has 92 valence electrons. The number of aromatic nitrogens is 2. The molecule has 6 nitrogen and oxygen atoms in total. The monoisotopic (exact) mass is 235 g/mol. The maximum Gasteiger partial charge on any atom is 0.242 e. The first-order valence-corrected chi connectivity index (χ1v) is 5.69. The first kappa shape index (κ1) is 11.6. The van der Waals surface area contributed by atoms with Crippen LogP contribution in [-0.4, -0.2) is 42.1 Å².